The summed E-state index contributed by atoms with van der Waals surface area (Å²) in [6, 6.07) is 31.8. The van der Waals surface area contributed by atoms with Gasteiger partial charge in [0.25, 0.3) is 17.5 Å². The van der Waals surface area contributed by atoms with Gasteiger partial charge in [-0.25, -0.2) is 0 Å². The van der Waals surface area contributed by atoms with Crippen molar-refractivity contribution in [2.45, 2.75) is 81.1 Å². The third-order valence-electron chi connectivity index (χ3n) is 13.6. The lowest BCUT2D eigenvalue weighted by Gasteiger charge is -2.39. The first-order valence-electron chi connectivity index (χ1n) is 21.4. The summed E-state index contributed by atoms with van der Waals surface area (Å²) in [5.74, 6) is -1.20. The topological polar surface area (TPSA) is 179 Å². The number of non-ortho nitro benzene ring substituents is 1. The number of amides is 2. The minimum Gasteiger partial charge on any atom is -0.432 e. The van der Waals surface area contributed by atoms with E-state index < -0.39 is 41.9 Å². The Balaban J connectivity index is 1.01. The Morgan fingerprint density at radius 1 is 0.952 bits per heavy atom. The first kappa shape index (κ1) is 41.6. The number of aromatic nitrogens is 3. The molecule has 0 bridgehead atoms. The number of fused-ring (bicyclic) bond motifs is 2. The van der Waals surface area contributed by atoms with Gasteiger partial charge in [-0.15, -0.1) is 5.10 Å². The lowest BCUT2D eigenvalue weighted by molar-refractivity contribution is -0.385. The van der Waals surface area contributed by atoms with Gasteiger partial charge in [-0.3, -0.25) is 29.3 Å². The van der Waals surface area contributed by atoms with E-state index in [0.29, 0.717) is 49.4 Å². The molecule has 2 spiro atoms. The third-order valence-corrected chi connectivity index (χ3v) is 16.1. The predicted octanol–water partition coefficient (Wildman–Crippen LogP) is 5.68. The lowest BCUT2D eigenvalue weighted by Crippen LogP contribution is -2.55. The Kier molecular flexibility index (Phi) is 10.8. The van der Waals surface area contributed by atoms with Crippen LogP contribution in [0.5, 0.6) is 0 Å². The second-order valence-corrected chi connectivity index (χ2v) is 21.6. The van der Waals surface area contributed by atoms with Crippen LogP contribution in [0.4, 0.5) is 22.7 Å². The Labute approximate surface area is 361 Å². The number of aliphatic hydroxyl groups excluding tert-OH is 1. The number of carbonyl (C=O) groups is 2. The molecule has 16 heteroatoms. The normalized spacial score (nSPS) is 23.8. The van der Waals surface area contributed by atoms with Crippen molar-refractivity contribution in [3.05, 3.63) is 142 Å². The fourth-order valence-electron chi connectivity index (χ4n) is 10.7. The molecule has 0 saturated carbocycles. The molecule has 9 rings (SSSR count). The summed E-state index contributed by atoms with van der Waals surface area (Å²) in [7, 11) is -3.06. The molecule has 1 aromatic heterocycles. The molecule has 0 radical (unpaired) electrons. The molecular weight excluding hydrogens is 805 g/mol. The number of ether oxygens (including phenoxy) is 1. The van der Waals surface area contributed by atoms with Crippen molar-refractivity contribution in [3.8, 4) is 0 Å². The van der Waals surface area contributed by atoms with E-state index >= 15 is 4.79 Å². The van der Waals surface area contributed by atoms with Crippen molar-refractivity contribution in [2.24, 2.45) is 5.92 Å². The van der Waals surface area contributed by atoms with Crippen molar-refractivity contribution < 1.29 is 29.2 Å². The zero-order valence-corrected chi connectivity index (χ0v) is 36.1. The van der Waals surface area contributed by atoms with Crippen LogP contribution in [-0.2, 0) is 33.0 Å². The van der Waals surface area contributed by atoms with Crippen LogP contribution >= 0.6 is 0 Å². The van der Waals surface area contributed by atoms with Crippen LogP contribution in [0.2, 0.25) is 18.6 Å². The van der Waals surface area contributed by atoms with Crippen molar-refractivity contribution in [1.29, 1.82) is 0 Å². The number of anilines is 3. The highest BCUT2D eigenvalue weighted by Gasteiger charge is 2.66. The van der Waals surface area contributed by atoms with Gasteiger partial charge in [0, 0.05) is 53.3 Å². The maximum atomic E-state index is 15.3. The molecule has 322 valence electrons. The van der Waals surface area contributed by atoms with Crippen LogP contribution in [0.3, 0.4) is 0 Å². The Morgan fingerprint density at radius 2 is 1.66 bits per heavy atom. The number of nitro groups is 1. The molecule has 62 heavy (non-hydrogen) atoms. The number of hydrogen-bond donors (Lipinski definition) is 3. The van der Waals surface area contributed by atoms with E-state index in [1.807, 2.05) is 110 Å². The highest BCUT2D eigenvalue weighted by atomic mass is 28.4. The van der Waals surface area contributed by atoms with E-state index in [2.05, 4.69) is 20.5 Å². The van der Waals surface area contributed by atoms with Crippen LogP contribution in [0.1, 0.15) is 54.5 Å². The first-order chi connectivity index (χ1) is 29.9. The molecule has 15 nitrogen and oxygen atoms in total. The fourth-order valence-corrected chi connectivity index (χ4v) is 13.3. The number of piperidine rings is 1. The van der Waals surface area contributed by atoms with Gasteiger partial charge >= 0.3 is 0 Å². The predicted molar refractivity (Wildman–Crippen MR) is 236 cm³/mol. The van der Waals surface area contributed by atoms with E-state index in [0.717, 1.165) is 35.6 Å². The standard InChI is InChI=1S/C46H52N8O7Si/c1-31-42(62(2,3)60)41(19-24-50-28-39(48-49-50)37(29-55)33-12-6-4-7-13-33)61-46(31)38-26-36(54(58)59)17-18-40(38)51(44(46)57)27-32-11-10-16-35(25-32)52-30-53(34-14-8-5-9-15-34)45(43(52)56)20-22-47-23-21-45/h4-18,25-26,28,31,37,41-42,47,55,60H,19-24,27,29-30H2,1-3H3/t31-,37?,41+,42-,46+/m1/s1. The summed E-state index contributed by atoms with van der Waals surface area (Å²) in [6.45, 7) is 7.78. The zero-order valence-electron chi connectivity index (χ0n) is 35.1. The second-order valence-electron chi connectivity index (χ2n) is 17.6. The highest BCUT2D eigenvalue weighted by Crippen LogP contribution is 2.60. The van der Waals surface area contributed by atoms with Gasteiger partial charge in [0.05, 0.1) is 48.1 Å². The van der Waals surface area contributed by atoms with Crippen molar-refractivity contribution in [1.82, 2.24) is 20.3 Å². The average Bonchev–Trinajstić information content (AvgIpc) is 4.00. The average molecular weight is 857 g/mol. The Bertz CT molecular complexity index is 2480. The molecule has 4 aromatic carbocycles. The van der Waals surface area contributed by atoms with Crippen molar-refractivity contribution in [2.75, 3.05) is 41.1 Å². The summed E-state index contributed by atoms with van der Waals surface area (Å²) in [4.78, 5) is 59.1. The highest BCUT2D eigenvalue weighted by molar-refractivity contribution is 6.71. The van der Waals surface area contributed by atoms with Crippen LogP contribution in [0, 0.1) is 16.0 Å². The summed E-state index contributed by atoms with van der Waals surface area (Å²) in [5, 5.41) is 34.6. The largest absolute Gasteiger partial charge is 0.432 e. The Hall–Kier alpha value is -5.78. The summed E-state index contributed by atoms with van der Waals surface area (Å²) in [6.07, 6.45) is 2.94. The molecule has 4 aliphatic rings. The second kappa shape index (κ2) is 16.2. The minimum absolute atomic E-state index is 0.0430. The van der Waals surface area contributed by atoms with Gasteiger partial charge < -0.3 is 29.8 Å². The summed E-state index contributed by atoms with van der Waals surface area (Å²) >= 11 is 0. The molecule has 3 fully saturated rings. The molecule has 5 aromatic rings. The molecular formula is C46H52N8O7Si. The number of aryl methyl sites for hydroxylation is 1. The van der Waals surface area contributed by atoms with Crippen molar-refractivity contribution in [3.63, 3.8) is 0 Å². The van der Waals surface area contributed by atoms with Crippen LogP contribution in [0.25, 0.3) is 0 Å². The molecule has 2 amide bonds. The van der Waals surface area contributed by atoms with Gasteiger partial charge in [0.1, 0.15) is 5.54 Å². The zero-order chi connectivity index (χ0) is 43.4. The Morgan fingerprint density at radius 3 is 2.35 bits per heavy atom. The first-order valence-corrected chi connectivity index (χ1v) is 24.4. The maximum Gasteiger partial charge on any atom is 0.269 e. The number of nitrogens with zero attached hydrogens (tertiary/aromatic N) is 7. The SMILES string of the molecule is C[C@@H]1[C@@H]([Si](C)(C)O)[C@H](CCn2cc(C(CO)c3ccccc3)nn2)O[C@@]12C(=O)N(Cc1cccc(N3CN(c4ccccc4)C4(CCNCC4)C3=O)c1)c1ccc([N+](=O)[O-])cc12. The third kappa shape index (κ3) is 6.99. The van der Waals surface area contributed by atoms with Crippen LogP contribution < -0.4 is 20.0 Å². The van der Waals surface area contributed by atoms with Gasteiger partial charge in [-0.05, 0) is 86.9 Å². The van der Waals surface area contributed by atoms with Gasteiger partial charge in [-0.1, -0.05) is 72.8 Å². The van der Waals surface area contributed by atoms with Gasteiger partial charge in [-0.2, -0.15) is 0 Å². The number of benzene rings is 4. The maximum absolute atomic E-state index is 15.3. The molecule has 4 aliphatic heterocycles. The summed E-state index contributed by atoms with van der Waals surface area (Å²) in [5.41, 5.74) is 2.06. The molecule has 0 aliphatic carbocycles. The van der Waals surface area contributed by atoms with E-state index in [9.17, 15) is 24.8 Å². The number of rotatable bonds is 12. The molecule has 3 N–H and O–H groups in total. The number of carbonyl (C=O) groups excluding carboxylic acids is 2. The van der Waals surface area contributed by atoms with Gasteiger partial charge in [0.15, 0.2) is 13.9 Å². The number of para-hydroxylation sites is 1. The number of nitro benzene ring substituents is 1. The number of nitrogens with one attached hydrogen (secondary N) is 1. The van der Waals surface area contributed by atoms with Crippen LogP contribution in [0.15, 0.2) is 109 Å². The quantitative estimate of drug-likeness (QED) is 0.0799. The minimum atomic E-state index is -3.06. The fraction of sp³-hybridized carbons (Fsp3) is 0.391. The van der Waals surface area contributed by atoms with Gasteiger partial charge in [0.2, 0.25) is 0 Å². The van der Waals surface area contributed by atoms with Crippen LogP contribution in [-0.4, -0.2) is 88.0 Å². The number of aliphatic hydroxyl groups is 1. The molecule has 3 saturated heterocycles. The smallest absolute Gasteiger partial charge is 0.269 e. The molecule has 5 heterocycles. The van der Waals surface area contributed by atoms with E-state index in [1.54, 1.807) is 21.8 Å². The van der Waals surface area contributed by atoms with E-state index in [-0.39, 0.29) is 36.6 Å². The number of hydrogen-bond acceptors (Lipinski definition) is 11. The summed E-state index contributed by atoms with van der Waals surface area (Å²) < 4.78 is 8.69. The van der Waals surface area contributed by atoms with E-state index in [1.165, 1.54) is 12.1 Å². The van der Waals surface area contributed by atoms with Crippen molar-refractivity contribution >= 4 is 42.9 Å². The molecule has 1 unspecified atom stereocenters. The monoisotopic (exact) mass is 856 g/mol. The lowest BCUT2D eigenvalue weighted by atomic mass is 9.82. The molecule has 5 atom stereocenters. The van der Waals surface area contributed by atoms with E-state index in [4.69, 9.17) is 4.74 Å².